The van der Waals surface area contributed by atoms with E-state index in [1.807, 2.05) is 12.1 Å². The third-order valence-corrected chi connectivity index (χ3v) is 4.98. The summed E-state index contributed by atoms with van der Waals surface area (Å²) in [6, 6.07) is 6.87. The lowest BCUT2D eigenvalue weighted by Crippen LogP contribution is -2.48. The topological polar surface area (TPSA) is 64.1 Å². The molecule has 7 nitrogen and oxygen atoms in total. The fourth-order valence-corrected chi connectivity index (χ4v) is 3.65. The fourth-order valence-electron chi connectivity index (χ4n) is 3.19. The Hall–Kier alpha value is -2.38. The van der Waals surface area contributed by atoms with Crippen molar-refractivity contribution in [2.75, 3.05) is 52.4 Å². The fraction of sp³-hybridized carbons (Fsp3) is 0.368. The van der Waals surface area contributed by atoms with Crippen LogP contribution in [0, 0.1) is 0 Å². The number of anilines is 1. The molecule has 1 aliphatic rings. The van der Waals surface area contributed by atoms with E-state index in [9.17, 15) is 4.79 Å². The van der Waals surface area contributed by atoms with Gasteiger partial charge in [-0.25, -0.2) is 4.98 Å². The van der Waals surface area contributed by atoms with Crippen LogP contribution in [-0.4, -0.2) is 63.3 Å². The number of methoxy groups -OCH3 is 3. The predicted molar refractivity (Wildman–Crippen MR) is 108 cm³/mol. The number of benzene rings is 1. The van der Waals surface area contributed by atoms with Gasteiger partial charge in [0, 0.05) is 49.6 Å². The zero-order chi connectivity index (χ0) is 20.3. The number of hydrogen-bond acceptors (Lipinski definition) is 6. The van der Waals surface area contributed by atoms with Gasteiger partial charge in [-0.15, -0.1) is 0 Å². The molecule has 1 amide bonds. The molecule has 9 heteroatoms. The highest BCUT2D eigenvalue weighted by molar-refractivity contribution is 6.33. The van der Waals surface area contributed by atoms with Gasteiger partial charge < -0.3 is 24.0 Å². The summed E-state index contributed by atoms with van der Waals surface area (Å²) in [6.07, 6.45) is 0. The molecule has 0 bridgehead atoms. The number of hydrogen-bond donors (Lipinski definition) is 0. The Morgan fingerprint density at radius 2 is 1.43 bits per heavy atom. The van der Waals surface area contributed by atoms with E-state index < -0.39 is 0 Å². The molecule has 0 atom stereocenters. The van der Waals surface area contributed by atoms with E-state index in [0.29, 0.717) is 49.0 Å². The van der Waals surface area contributed by atoms with Gasteiger partial charge in [0.25, 0.3) is 5.91 Å². The summed E-state index contributed by atoms with van der Waals surface area (Å²) in [5, 5.41) is 0.402. The van der Waals surface area contributed by atoms with Crippen LogP contribution >= 0.6 is 23.2 Å². The average molecular weight is 426 g/mol. The molecule has 2 heterocycles. The number of carbonyl (C=O) groups excluding carboxylic acids is 1. The summed E-state index contributed by atoms with van der Waals surface area (Å²) < 4.78 is 16.2. The molecule has 1 aliphatic heterocycles. The van der Waals surface area contributed by atoms with E-state index in [1.165, 1.54) is 12.1 Å². The Kier molecular flexibility index (Phi) is 6.36. The van der Waals surface area contributed by atoms with Gasteiger partial charge in [-0.1, -0.05) is 23.2 Å². The normalized spacial score (nSPS) is 14.0. The van der Waals surface area contributed by atoms with Crippen LogP contribution in [0.25, 0.3) is 0 Å². The maximum absolute atomic E-state index is 12.7. The SMILES string of the molecule is COc1cc(N2CCN(C(=O)c3cc(Cl)nc(Cl)c3)CC2)cc(OC)c1OC. The van der Waals surface area contributed by atoms with Crippen molar-refractivity contribution in [2.45, 2.75) is 0 Å². The van der Waals surface area contributed by atoms with Crippen molar-refractivity contribution < 1.29 is 19.0 Å². The number of ether oxygens (including phenoxy) is 3. The van der Waals surface area contributed by atoms with Crippen molar-refractivity contribution in [1.82, 2.24) is 9.88 Å². The van der Waals surface area contributed by atoms with Crippen molar-refractivity contribution in [3.8, 4) is 17.2 Å². The van der Waals surface area contributed by atoms with E-state index in [2.05, 4.69) is 9.88 Å². The molecular formula is C19H21Cl2N3O4. The van der Waals surface area contributed by atoms with Crippen LogP contribution in [-0.2, 0) is 0 Å². The molecule has 3 rings (SSSR count). The highest BCUT2D eigenvalue weighted by Gasteiger charge is 2.24. The quantitative estimate of drug-likeness (QED) is 0.684. The summed E-state index contributed by atoms with van der Waals surface area (Å²) in [7, 11) is 4.74. The molecular weight excluding hydrogens is 405 g/mol. The van der Waals surface area contributed by atoms with Gasteiger partial charge in [-0.05, 0) is 12.1 Å². The monoisotopic (exact) mass is 425 g/mol. The van der Waals surface area contributed by atoms with E-state index in [1.54, 1.807) is 26.2 Å². The molecule has 2 aromatic rings. The second kappa shape index (κ2) is 8.75. The van der Waals surface area contributed by atoms with Crippen molar-refractivity contribution in [2.24, 2.45) is 0 Å². The highest BCUT2D eigenvalue weighted by atomic mass is 35.5. The zero-order valence-corrected chi connectivity index (χ0v) is 17.4. The van der Waals surface area contributed by atoms with Crippen molar-refractivity contribution in [3.63, 3.8) is 0 Å². The molecule has 0 aliphatic carbocycles. The minimum Gasteiger partial charge on any atom is -0.493 e. The minimum atomic E-state index is -0.115. The number of halogens is 2. The van der Waals surface area contributed by atoms with Crippen LogP contribution in [0.2, 0.25) is 10.3 Å². The lowest BCUT2D eigenvalue weighted by atomic mass is 10.2. The van der Waals surface area contributed by atoms with Crippen LogP contribution in [0.4, 0.5) is 5.69 Å². The number of aromatic nitrogens is 1. The largest absolute Gasteiger partial charge is 0.493 e. The number of amides is 1. The summed E-state index contributed by atoms with van der Waals surface area (Å²) in [5.74, 6) is 1.62. The predicted octanol–water partition coefficient (Wildman–Crippen LogP) is 3.38. The maximum atomic E-state index is 12.7. The van der Waals surface area contributed by atoms with Crippen molar-refractivity contribution in [1.29, 1.82) is 0 Å². The van der Waals surface area contributed by atoms with E-state index in [-0.39, 0.29) is 16.2 Å². The van der Waals surface area contributed by atoms with Gasteiger partial charge in [-0.3, -0.25) is 4.79 Å². The molecule has 0 unspecified atom stereocenters. The summed E-state index contributed by atoms with van der Waals surface area (Å²) >= 11 is 11.8. The summed E-state index contributed by atoms with van der Waals surface area (Å²) in [6.45, 7) is 2.45. The Morgan fingerprint density at radius 3 is 1.89 bits per heavy atom. The smallest absolute Gasteiger partial charge is 0.254 e. The van der Waals surface area contributed by atoms with Gasteiger partial charge in [0.2, 0.25) is 5.75 Å². The third kappa shape index (κ3) is 4.20. The molecule has 28 heavy (non-hydrogen) atoms. The second-order valence-corrected chi connectivity index (χ2v) is 6.94. The lowest BCUT2D eigenvalue weighted by molar-refractivity contribution is 0.0746. The van der Waals surface area contributed by atoms with Crippen LogP contribution in [0.15, 0.2) is 24.3 Å². The minimum absolute atomic E-state index is 0.115. The second-order valence-electron chi connectivity index (χ2n) is 6.16. The molecule has 1 fully saturated rings. The first-order valence-corrected chi connectivity index (χ1v) is 9.39. The Labute approximate surface area is 173 Å². The molecule has 0 saturated carbocycles. The Morgan fingerprint density at radius 1 is 0.893 bits per heavy atom. The van der Waals surface area contributed by atoms with Crippen molar-refractivity contribution >= 4 is 34.8 Å². The first-order chi connectivity index (χ1) is 13.5. The van der Waals surface area contributed by atoms with Gasteiger partial charge in [-0.2, -0.15) is 0 Å². The van der Waals surface area contributed by atoms with Gasteiger partial charge >= 0.3 is 0 Å². The Bertz CT molecular complexity index is 825. The molecule has 1 aromatic heterocycles. The zero-order valence-electron chi connectivity index (χ0n) is 15.9. The molecule has 0 radical (unpaired) electrons. The molecule has 1 aromatic carbocycles. The third-order valence-electron chi connectivity index (χ3n) is 4.59. The van der Waals surface area contributed by atoms with Crippen LogP contribution in [0.5, 0.6) is 17.2 Å². The van der Waals surface area contributed by atoms with Crippen molar-refractivity contribution in [3.05, 3.63) is 40.1 Å². The van der Waals surface area contributed by atoms with Gasteiger partial charge in [0.05, 0.1) is 21.3 Å². The van der Waals surface area contributed by atoms with Gasteiger partial charge in [0.1, 0.15) is 10.3 Å². The number of pyridine rings is 1. The summed E-state index contributed by atoms with van der Waals surface area (Å²) in [5.41, 5.74) is 1.38. The van der Waals surface area contributed by atoms with Crippen LogP contribution in [0.1, 0.15) is 10.4 Å². The van der Waals surface area contributed by atoms with E-state index in [4.69, 9.17) is 37.4 Å². The number of rotatable bonds is 5. The highest BCUT2D eigenvalue weighted by Crippen LogP contribution is 2.41. The van der Waals surface area contributed by atoms with E-state index >= 15 is 0 Å². The number of piperazine rings is 1. The first kappa shape index (κ1) is 20.4. The Balaban J connectivity index is 1.74. The standard InChI is InChI=1S/C19H21Cl2N3O4/c1-26-14-10-13(11-15(27-2)18(14)28-3)23-4-6-24(7-5-23)19(25)12-8-16(20)22-17(21)9-12/h8-11H,4-7H2,1-3H3. The lowest BCUT2D eigenvalue weighted by Gasteiger charge is -2.36. The maximum Gasteiger partial charge on any atom is 0.254 e. The van der Waals surface area contributed by atoms with Crippen LogP contribution < -0.4 is 19.1 Å². The van der Waals surface area contributed by atoms with E-state index in [0.717, 1.165) is 5.69 Å². The molecule has 0 spiro atoms. The summed E-state index contributed by atoms with van der Waals surface area (Å²) in [4.78, 5) is 20.6. The molecule has 1 saturated heterocycles. The average Bonchev–Trinajstić information content (AvgIpc) is 2.71. The first-order valence-electron chi connectivity index (χ1n) is 8.64. The number of carbonyl (C=O) groups is 1. The molecule has 0 N–H and O–H groups in total. The van der Waals surface area contributed by atoms with Gasteiger partial charge in [0.15, 0.2) is 11.5 Å². The van der Waals surface area contributed by atoms with Crippen LogP contribution in [0.3, 0.4) is 0 Å². The number of nitrogens with zero attached hydrogens (tertiary/aromatic N) is 3. The molecule has 150 valence electrons.